The van der Waals surface area contributed by atoms with Crippen LogP contribution in [0.2, 0.25) is 0 Å². The van der Waals surface area contributed by atoms with E-state index >= 15 is 0 Å². The van der Waals surface area contributed by atoms with Crippen LogP contribution in [0.4, 0.5) is 5.69 Å². The predicted molar refractivity (Wildman–Crippen MR) is 70.3 cm³/mol. The smallest absolute Gasteiger partial charge is 0.123 e. The van der Waals surface area contributed by atoms with Gasteiger partial charge < -0.3 is 15.0 Å². The van der Waals surface area contributed by atoms with Crippen LogP contribution in [-0.4, -0.2) is 9.67 Å². The molecule has 90 valence electrons. The van der Waals surface area contributed by atoms with E-state index in [9.17, 15) is 5.11 Å². The third-order valence-corrected chi connectivity index (χ3v) is 3.01. The summed E-state index contributed by atoms with van der Waals surface area (Å²) in [6.45, 7) is 4.60. The van der Waals surface area contributed by atoms with Gasteiger partial charge in [0.1, 0.15) is 5.75 Å². The van der Waals surface area contributed by atoms with Crippen LogP contribution in [-0.2, 0) is 13.6 Å². The standard InChI is InChI=1S/C14H18N2O/c1-10-4-5-13(11(2)14(10)17)15-8-12-6-7-16(3)9-12/h4-7,9,15,17H,8H2,1-3H3. The molecule has 0 aliphatic heterocycles. The molecule has 0 aliphatic carbocycles. The molecule has 2 rings (SSSR count). The summed E-state index contributed by atoms with van der Waals surface area (Å²) in [6, 6.07) is 6.01. The third kappa shape index (κ3) is 2.44. The minimum Gasteiger partial charge on any atom is -0.507 e. The molecule has 0 bridgehead atoms. The molecule has 2 N–H and O–H groups in total. The number of hydrogen-bond acceptors (Lipinski definition) is 2. The number of nitrogens with one attached hydrogen (secondary N) is 1. The number of benzene rings is 1. The van der Waals surface area contributed by atoms with Gasteiger partial charge in [-0.15, -0.1) is 0 Å². The van der Waals surface area contributed by atoms with E-state index in [0.29, 0.717) is 5.75 Å². The SMILES string of the molecule is Cc1ccc(NCc2ccn(C)c2)c(C)c1O. The van der Waals surface area contributed by atoms with Gasteiger partial charge in [0.2, 0.25) is 0 Å². The van der Waals surface area contributed by atoms with Crippen molar-refractivity contribution in [3.8, 4) is 5.75 Å². The number of hydrogen-bond donors (Lipinski definition) is 2. The van der Waals surface area contributed by atoms with Gasteiger partial charge in [-0.1, -0.05) is 6.07 Å². The summed E-state index contributed by atoms with van der Waals surface area (Å²) in [5, 5.41) is 13.2. The molecule has 0 atom stereocenters. The monoisotopic (exact) mass is 230 g/mol. The van der Waals surface area contributed by atoms with Gasteiger partial charge in [-0.2, -0.15) is 0 Å². The number of anilines is 1. The summed E-state index contributed by atoms with van der Waals surface area (Å²) >= 11 is 0. The van der Waals surface area contributed by atoms with Crippen molar-refractivity contribution < 1.29 is 5.11 Å². The van der Waals surface area contributed by atoms with Crippen LogP contribution in [0.3, 0.4) is 0 Å². The first-order valence-electron chi connectivity index (χ1n) is 5.72. The van der Waals surface area contributed by atoms with Crippen molar-refractivity contribution in [2.24, 2.45) is 7.05 Å². The lowest BCUT2D eigenvalue weighted by Gasteiger charge is -2.11. The highest BCUT2D eigenvalue weighted by atomic mass is 16.3. The van der Waals surface area contributed by atoms with Crippen molar-refractivity contribution in [1.82, 2.24) is 4.57 Å². The minimum absolute atomic E-state index is 0.378. The Morgan fingerprint density at radius 3 is 2.65 bits per heavy atom. The molecular formula is C14H18N2O. The first kappa shape index (κ1) is 11.6. The topological polar surface area (TPSA) is 37.2 Å². The summed E-state index contributed by atoms with van der Waals surface area (Å²) in [4.78, 5) is 0. The van der Waals surface area contributed by atoms with Gasteiger partial charge in [-0.3, -0.25) is 0 Å². The molecule has 0 saturated heterocycles. The predicted octanol–water partition coefficient (Wildman–Crippen LogP) is 2.96. The van der Waals surface area contributed by atoms with Crippen LogP contribution in [0.25, 0.3) is 0 Å². The summed E-state index contributed by atoms with van der Waals surface area (Å²) in [6.07, 6.45) is 4.10. The zero-order valence-electron chi connectivity index (χ0n) is 10.5. The fourth-order valence-electron chi connectivity index (χ4n) is 1.89. The molecule has 3 nitrogen and oxygen atoms in total. The van der Waals surface area contributed by atoms with Gasteiger partial charge in [0, 0.05) is 37.2 Å². The molecule has 0 radical (unpaired) electrons. The molecule has 0 fully saturated rings. The quantitative estimate of drug-likeness (QED) is 0.850. The zero-order chi connectivity index (χ0) is 12.4. The molecule has 0 saturated carbocycles. The highest BCUT2D eigenvalue weighted by Crippen LogP contribution is 2.28. The number of aromatic hydroxyl groups is 1. The van der Waals surface area contributed by atoms with Crippen LogP contribution in [0.5, 0.6) is 5.75 Å². The summed E-state index contributed by atoms with van der Waals surface area (Å²) in [5.41, 5.74) is 4.03. The maximum atomic E-state index is 9.84. The zero-order valence-corrected chi connectivity index (χ0v) is 10.5. The molecular weight excluding hydrogens is 212 g/mol. The Bertz CT molecular complexity index is 529. The van der Waals surface area contributed by atoms with Crippen molar-refractivity contribution in [2.75, 3.05) is 5.32 Å². The highest BCUT2D eigenvalue weighted by molar-refractivity contribution is 5.59. The van der Waals surface area contributed by atoms with Crippen LogP contribution in [0, 0.1) is 13.8 Å². The molecule has 0 unspecified atom stereocenters. The normalized spacial score (nSPS) is 10.5. The number of aromatic nitrogens is 1. The van der Waals surface area contributed by atoms with E-state index in [-0.39, 0.29) is 0 Å². The van der Waals surface area contributed by atoms with Gasteiger partial charge in [-0.05, 0) is 37.1 Å². The lowest BCUT2D eigenvalue weighted by atomic mass is 10.1. The van der Waals surface area contributed by atoms with Gasteiger partial charge >= 0.3 is 0 Å². The second-order valence-corrected chi connectivity index (χ2v) is 4.44. The first-order valence-corrected chi connectivity index (χ1v) is 5.72. The molecule has 2 aromatic rings. The molecule has 0 aliphatic rings. The maximum Gasteiger partial charge on any atom is 0.123 e. The third-order valence-electron chi connectivity index (χ3n) is 3.01. The second-order valence-electron chi connectivity index (χ2n) is 4.44. The largest absolute Gasteiger partial charge is 0.507 e. The Balaban J connectivity index is 2.12. The van der Waals surface area contributed by atoms with Crippen molar-refractivity contribution in [3.05, 3.63) is 47.3 Å². The van der Waals surface area contributed by atoms with Gasteiger partial charge in [0.25, 0.3) is 0 Å². The summed E-state index contributed by atoms with van der Waals surface area (Å²) in [7, 11) is 2.01. The van der Waals surface area contributed by atoms with E-state index in [1.165, 1.54) is 5.56 Å². The van der Waals surface area contributed by atoms with Gasteiger partial charge in [-0.25, -0.2) is 0 Å². The van der Waals surface area contributed by atoms with Gasteiger partial charge in [0.15, 0.2) is 0 Å². The second kappa shape index (κ2) is 4.53. The average molecular weight is 230 g/mol. The number of phenolic OH excluding ortho intramolecular Hbond substituents is 1. The molecule has 3 heteroatoms. The van der Waals surface area contributed by atoms with Gasteiger partial charge in [0.05, 0.1) is 0 Å². The Kier molecular flexibility index (Phi) is 3.09. The van der Waals surface area contributed by atoms with Crippen LogP contribution in [0.1, 0.15) is 16.7 Å². The fraction of sp³-hybridized carbons (Fsp3) is 0.286. The number of nitrogens with zero attached hydrogens (tertiary/aromatic N) is 1. The first-order chi connectivity index (χ1) is 8.08. The number of aryl methyl sites for hydroxylation is 2. The Labute approximate surface area is 102 Å². The Morgan fingerprint density at radius 2 is 2.00 bits per heavy atom. The van der Waals surface area contributed by atoms with E-state index in [1.54, 1.807) is 0 Å². The van der Waals surface area contributed by atoms with E-state index in [4.69, 9.17) is 0 Å². The molecule has 1 heterocycles. The van der Waals surface area contributed by atoms with Crippen molar-refractivity contribution >= 4 is 5.69 Å². The lowest BCUT2D eigenvalue weighted by Crippen LogP contribution is -2.00. The Hall–Kier alpha value is -1.90. The summed E-state index contributed by atoms with van der Waals surface area (Å²) in [5.74, 6) is 0.378. The van der Waals surface area contributed by atoms with Crippen molar-refractivity contribution in [1.29, 1.82) is 0 Å². The van der Waals surface area contributed by atoms with Crippen molar-refractivity contribution in [2.45, 2.75) is 20.4 Å². The maximum absolute atomic E-state index is 9.84. The molecule has 1 aromatic carbocycles. The Morgan fingerprint density at radius 1 is 1.24 bits per heavy atom. The van der Waals surface area contributed by atoms with Crippen LogP contribution >= 0.6 is 0 Å². The van der Waals surface area contributed by atoms with E-state index in [2.05, 4.69) is 17.6 Å². The minimum atomic E-state index is 0.378. The molecule has 17 heavy (non-hydrogen) atoms. The molecule has 0 amide bonds. The van der Waals surface area contributed by atoms with E-state index in [0.717, 1.165) is 23.4 Å². The molecule has 1 aromatic heterocycles. The molecule has 0 spiro atoms. The summed E-state index contributed by atoms with van der Waals surface area (Å²) < 4.78 is 2.02. The van der Waals surface area contributed by atoms with Crippen LogP contribution in [0.15, 0.2) is 30.6 Å². The number of phenols is 1. The van der Waals surface area contributed by atoms with E-state index in [1.807, 2.05) is 43.8 Å². The number of rotatable bonds is 3. The van der Waals surface area contributed by atoms with E-state index < -0.39 is 0 Å². The van der Waals surface area contributed by atoms with Crippen LogP contribution < -0.4 is 5.32 Å². The van der Waals surface area contributed by atoms with Crippen molar-refractivity contribution in [3.63, 3.8) is 0 Å². The highest BCUT2D eigenvalue weighted by Gasteiger charge is 2.05. The lowest BCUT2D eigenvalue weighted by molar-refractivity contribution is 0.467. The average Bonchev–Trinajstić information content (AvgIpc) is 2.71. The fourth-order valence-corrected chi connectivity index (χ4v) is 1.89.